The van der Waals surface area contributed by atoms with Crippen LogP contribution < -0.4 is 10.1 Å². The molecule has 0 aliphatic carbocycles. The lowest BCUT2D eigenvalue weighted by Crippen LogP contribution is -2.40. The predicted molar refractivity (Wildman–Crippen MR) is 80.6 cm³/mol. The zero-order valence-corrected chi connectivity index (χ0v) is 12.9. The largest absolute Gasteiger partial charge is 0.484 e. The zero-order chi connectivity index (χ0) is 15.8. The fraction of sp³-hybridized carbons (Fsp3) is 0.467. The Bertz CT molecular complexity index is 490. The molecule has 1 atom stereocenters. The van der Waals surface area contributed by atoms with E-state index in [0.717, 1.165) is 0 Å². The Morgan fingerprint density at radius 3 is 2.67 bits per heavy atom. The summed E-state index contributed by atoms with van der Waals surface area (Å²) in [5, 5.41) is 12.1. The Hall–Kier alpha value is -1.75. The molecule has 1 aromatic carbocycles. The molecular weight excluding hydrogens is 294 g/mol. The average molecular weight is 314 g/mol. The molecule has 0 spiro atoms. The summed E-state index contributed by atoms with van der Waals surface area (Å²) in [5.74, 6) is -0.488. The van der Waals surface area contributed by atoms with Gasteiger partial charge in [0.15, 0.2) is 6.61 Å². The molecule has 6 heteroatoms. The van der Waals surface area contributed by atoms with Crippen LogP contribution in [0, 0.1) is 5.92 Å². The average Bonchev–Trinajstić information content (AvgIpc) is 2.34. The highest BCUT2D eigenvalue weighted by molar-refractivity contribution is 6.30. The molecule has 116 valence electrons. The number of carboxylic acid groups (broad SMARTS) is 1. The summed E-state index contributed by atoms with van der Waals surface area (Å²) in [6.07, 6.45) is 0.510. The molecule has 0 unspecified atom stereocenters. The minimum absolute atomic E-state index is 0.0961. The molecule has 0 saturated heterocycles. The molecule has 0 saturated carbocycles. The van der Waals surface area contributed by atoms with Gasteiger partial charge in [0.1, 0.15) is 5.75 Å². The highest BCUT2D eigenvalue weighted by Crippen LogP contribution is 2.17. The van der Waals surface area contributed by atoms with Crippen LogP contribution in [0.2, 0.25) is 5.02 Å². The number of hydrogen-bond acceptors (Lipinski definition) is 3. The van der Waals surface area contributed by atoms with Crippen LogP contribution in [0.1, 0.15) is 26.7 Å². The number of nitrogens with one attached hydrogen (secondary N) is 1. The summed E-state index contributed by atoms with van der Waals surface area (Å²) in [6, 6.07) is 6.35. The van der Waals surface area contributed by atoms with Crippen LogP contribution in [-0.4, -0.2) is 29.6 Å². The highest BCUT2D eigenvalue weighted by atomic mass is 35.5. The molecule has 0 aromatic heterocycles. The van der Waals surface area contributed by atoms with Gasteiger partial charge in [-0.1, -0.05) is 31.5 Å². The number of halogens is 1. The Kier molecular flexibility index (Phi) is 7.02. The minimum atomic E-state index is -0.934. The van der Waals surface area contributed by atoms with E-state index in [-0.39, 0.29) is 18.9 Å². The van der Waals surface area contributed by atoms with Gasteiger partial charge in [0.25, 0.3) is 5.91 Å². The zero-order valence-electron chi connectivity index (χ0n) is 12.1. The van der Waals surface area contributed by atoms with Gasteiger partial charge in [-0.05, 0) is 30.5 Å². The fourth-order valence-electron chi connectivity index (χ4n) is 1.95. The van der Waals surface area contributed by atoms with Crippen LogP contribution in [0.3, 0.4) is 0 Å². The summed E-state index contributed by atoms with van der Waals surface area (Å²) in [7, 11) is 0. The molecule has 5 nitrogen and oxygen atoms in total. The molecule has 1 rings (SSSR count). The molecule has 2 N–H and O–H groups in total. The molecular formula is C15H20ClNO4. The van der Waals surface area contributed by atoms with E-state index in [2.05, 4.69) is 5.32 Å². The van der Waals surface area contributed by atoms with Crippen molar-refractivity contribution in [2.75, 3.05) is 6.61 Å². The minimum Gasteiger partial charge on any atom is -0.484 e. The van der Waals surface area contributed by atoms with Gasteiger partial charge in [0.2, 0.25) is 0 Å². The first kappa shape index (κ1) is 17.3. The van der Waals surface area contributed by atoms with Crippen molar-refractivity contribution < 1.29 is 19.4 Å². The van der Waals surface area contributed by atoms with Crippen LogP contribution in [0.5, 0.6) is 5.75 Å². The predicted octanol–water partition coefficient (Wildman–Crippen LogP) is 2.72. The molecule has 1 aromatic rings. The van der Waals surface area contributed by atoms with Crippen molar-refractivity contribution in [3.05, 3.63) is 29.3 Å². The third-order valence-corrected chi connectivity index (χ3v) is 2.94. The molecule has 1 amide bonds. The van der Waals surface area contributed by atoms with E-state index in [4.69, 9.17) is 21.4 Å². The second-order valence-corrected chi connectivity index (χ2v) is 5.67. The van der Waals surface area contributed by atoms with Gasteiger partial charge < -0.3 is 15.2 Å². The lowest BCUT2D eigenvalue weighted by molar-refractivity contribution is -0.137. The van der Waals surface area contributed by atoms with Crippen LogP contribution in [0.4, 0.5) is 0 Å². The van der Waals surface area contributed by atoms with Crippen molar-refractivity contribution in [1.82, 2.24) is 5.32 Å². The van der Waals surface area contributed by atoms with Gasteiger partial charge in [-0.25, -0.2) is 0 Å². The quantitative estimate of drug-likeness (QED) is 0.773. The van der Waals surface area contributed by atoms with E-state index in [1.807, 2.05) is 13.8 Å². The third kappa shape index (κ3) is 7.56. The monoisotopic (exact) mass is 313 g/mol. The first-order valence-corrected chi connectivity index (χ1v) is 7.14. The first-order chi connectivity index (χ1) is 9.86. The number of hydrogen-bond donors (Lipinski definition) is 2. The Balaban J connectivity index is 2.47. The number of aliphatic carboxylic acids is 1. The third-order valence-electron chi connectivity index (χ3n) is 2.71. The second kappa shape index (κ2) is 8.52. The smallest absolute Gasteiger partial charge is 0.305 e. The molecule has 21 heavy (non-hydrogen) atoms. The summed E-state index contributed by atoms with van der Waals surface area (Å²) < 4.78 is 5.32. The Morgan fingerprint density at radius 1 is 1.38 bits per heavy atom. The van der Waals surface area contributed by atoms with Gasteiger partial charge in [-0.15, -0.1) is 0 Å². The number of carbonyl (C=O) groups is 2. The Morgan fingerprint density at radius 2 is 2.10 bits per heavy atom. The first-order valence-electron chi connectivity index (χ1n) is 6.76. The lowest BCUT2D eigenvalue weighted by Gasteiger charge is -2.19. The van der Waals surface area contributed by atoms with E-state index in [9.17, 15) is 9.59 Å². The maximum absolute atomic E-state index is 11.8. The van der Waals surface area contributed by atoms with Gasteiger partial charge >= 0.3 is 5.97 Å². The fourth-order valence-corrected chi connectivity index (χ4v) is 2.13. The molecule has 0 fully saturated rings. The normalized spacial score (nSPS) is 12.0. The van der Waals surface area contributed by atoms with E-state index in [1.165, 1.54) is 0 Å². The number of ether oxygens (including phenoxy) is 1. The maximum Gasteiger partial charge on any atom is 0.305 e. The van der Waals surface area contributed by atoms with Crippen LogP contribution in [-0.2, 0) is 9.59 Å². The maximum atomic E-state index is 11.8. The van der Waals surface area contributed by atoms with Gasteiger partial charge in [-0.2, -0.15) is 0 Å². The lowest BCUT2D eigenvalue weighted by atomic mass is 10.0. The van der Waals surface area contributed by atoms with E-state index in [1.54, 1.807) is 24.3 Å². The van der Waals surface area contributed by atoms with Crippen molar-refractivity contribution in [3.8, 4) is 5.75 Å². The van der Waals surface area contributed by atoms with Crippen molar-refractivity contribution in [3.63, 3.8) is 0 Å². The van der Waals surface area contributed by atoms with Crippen LogP contribution >= 0.6 is 11.6 Å². The number of amides is 1. The summed E-state index contributed by atoms with van der Waals surface area (Å²) in [4.78, 5) is 22.6. The van der Waals surface area contributed by atoms with Crippen molar-refractivity contribution >= 4 is 23.5 Å². The van der Waals surface area contributed by atoms with Crippen molar-refractivity contribution in [2.45, 2.75) is 32.7 Å². The van der Waals surface area contributed by atoms with Crippen LogP contribution in [0.15, 0.2) is 24.3 Å². The molecule has 0 radical (unpaired) electrons. The number of carbonyl (C=O) groups excluding carboxylic acids is 1. The van der Waals surface area contributed by atoms with Crippen molar-refractivity contribution in [2.24, 2.45) is 5.92 Å². The summed E-state index contributed by atoms with van der Waals surface area (Å²) >= 11 is 5.81. The van der Waals surface area contributed by atoms with Gasteiger partial charge in [0, 0.05) is 11.1 Å². The number of rotatable bonds is 8. The molecule has 0 bridgehead atoms. The van der Waals surface area contributed by atoms with E-state index >= 15 is 0 Å². The van der Waals surface area contributed by atoms with Crippen LogP contribution in [0.25, 0.3) is 0 Å². The van der Waals surface area contributed by atoms with Gasteiger partial charge in [0.05, 0.1) is 6.42 Å². The molecule has 0 aliphatic rings. The topological polar surface area (TPSA) is 75.6 Å². The highest BCUT2D eigenvalue weighted by Gasteiger charge is 2.17. The number of carboxylic acids is 1. The molecule has 0 heterocycles. The summed E-state index contributed by atoms with van der Waals surface area (Å²) in [6.45, 7) is 3.78. The molecule has 0 aliphatic heterocycles. The summed E-state index contributed by atoms with van der Waals surface area (Å²) in [5.41, 5.74) is 0. The van der Waals surface area contributed by atoms with E-state index < -0.39 is 12.0 Å². The van der Waals surface area contributed by atoms with Gasteiger partial charge in [-0.3, -0.25) is 9.59 Å². The van der Waals surface area contributed by atoms with Crippen molar-refractivity contribution in [1.29, 1.82) is 0 Å². The second-order valence-electron chi connectivity index (χ2n) is 5.24. The SMILES string of the molecule is CC(C)C[C@H](CC(=O)O)NC(=O)COc1cccc(Cl)c1. The Labute approximate surface area is 129 Å². The number of benzene rings is 1. The standard InChI is InChI=1S/C15H20ClNO4/c1-10(2)6-12(8-15(19)20)17-14(18)9-21-13-5-3-4-11(16)7-13/h3-5,7,10,12H,6,8-9H2,1-2H3,(H,17,18)(H,19,20)/t12-/m1/s1. The van der Waals surface area contributed by atoms with E-state index in [0.29, 0.717) is 23.1 Å².